The quantitative estimate of drug-likeness (QED) is 0.276. The molecular weight excluding hydrogens is 549 g/mol. The number of hydrogen-bond acceptors (Lipinski definition) is 9. The molecule has 3 heterocycles. The summed E-state index contributed by atoms with van der Waals surface area (Å²) in [7, 11) is 1.74. The fraction of sp³-hybridized carbons (Fsp3) is 0.321. The summed E-state index contributed by atoms with van der Waals surface area (Å²) >= 11 is 0. The molecule has 14 heteroatoms. The van der Waals surface area contributed by atoms with Crippen LogP contribution in [0, 0.1) is 6.92 Å². The molecule has 0 atom stereocenters. The highest BCUT2D eigenvalue weighted by atomic mass is 19.4. The fourth-order valence-electron chi connectivity index (χ4n) is 4.67. The summed E-state index contributed by atoms with van der Waals surface area (Å²) in [5.41, 5.74) is 1.31. The van der Waals surface area contributed by atoms with Gasteiger partial charge in [0.1, 0.15) is 18.5 Å². The number of anilines is 5. The topological polar surface area (TPSA) is 116 Å². The number of nitrogens with zero attached hydrogens (tertiary/aromatic N) is 7. The van der Waals surface area contributed by atoms with Gasteiger partial charge in [-0.1, -0.05) is 13.0 Å². The second-order valence-corrected chi connectivity index (χ2v) is 9.80. The first-order valence-electron chi connectivity index (χ1n) is 13.4. The molecule has 0 unspecified atom stereocenters. The number of halogens is 3. The third kappa shape index (κ3) is 6.43. The zero-order chi connectivity index (χ0) is 29.9. The third-order valence-electron chi connectivity index (χ3n) is 7.11. The molecule has 1 fully saturated rings. The molecule has 3 N–H and O–H groups in total. The van der Waals surface area contributed by atoms with E-state index in [1.54, 1.807) is 37.4 Å². The molecule has 0 spiro atoms. The highest BCUT2D eigenvalue weighted by Crippen LogP contribution is 2.35. The highest BCUT2D eigenvalue weighted by Gasteiger charge is 2.32. The number of nitrogens with one attached hydrogen (secondary N) is 3. The summed E-state index contributed by atoms with van der Waals surface area (Å²) in [6.45, 7) is 7.52. The molecule has 11 nitrogen and oxygen atoms in total. The molecular formula is C28H31F3N10O. The van der Waals surface area contributed by atoms with E-state index in [1.807, 2.05) is 11.8 Å². The number of carbonyl (C=O) groups is 1. The predicted molar refractivity (Wildman–Crippen MR) is 155 cm³/mol. The summed E-state index contributed by atoms with van der Waals surface area (Å²) < 4.78 is 42.9. The van der Waals surface area contributed by atoms with Gasteiger partial charge in [-0.15, -0.1) is 0 Å². The zero-order valence-corrected chi connectivity index (χ0v) is 23.4. The molecule has 0 saturated carbocycles. The van der Waals surface area contributed by atoms with Crippen molar-refractivity contribution in [2.75, 3.05) is 60.6 Å². The van der Waals surface area contributed by atoms with Crippen molar-refractivity contribution in [1.29, 1.82) is 0 Å². The molecule has 0 radical (unpaired) electrons. The Balaban J connectivity index is 1.38. The van der Waals surface area contributed by atoms with E-state index in [0.29, 0.717) is 42.0 Å². The lowest BCUT2D eigenvalue weighted by molar-refractivity contribution is -0.137. The van der Waals surface area contributed by atoms with Gasteiger partial charge in [0.15, 0.2) is 5.82 Å². The molecule has 1 aliphatic heterocycles. The van der Waals surface area contributed by atoms with E-state index in [9.17, 15) is 18.0 Å². The minimum absolute atomic E-state index is 0.0710. The van der Waals surface area contributed by atoms with Gasteiger partial charge in [0.05, 0.1) is 5.56 Å². The fourth-order valence-corrected chi connectivity index (χ4v) is 4.67. The van der Waals surface area contributed by atoms with Crippen molar-refractivity contribution in [3.05, 3.63) is 71.8 Å². The minimum atomic E-state index is -4.56. The van der Waals surface area contributed by atoms with E-state index in [2.05, 4.69) is 47.8 Å². The molecule has 0 aliphatic carbocycles. The maximum Gasteiger partial charge on any atom is 0.416 e. The zero-order valence-electron chi connectivity index (χ0n) is 23.4. The van der Waals surface area contributed by atoms with Crippen molar-refractivity contribution in [2.45, 2.75) is 20.0 Å². The maximum absolute atomic E-state index is 13.8. The van der Waals surface area contributed by atoms with Crippen molar-refractivity contribution in [3.8, 4) is 5.82 Å². The van der Waals surface area contributed by atoms with Gasteiger partial charge in [-0.25, -0.2) is 9.97 Å². The van der Waals surface area contributed by atoms with Crippen molar-refractivity contribution >= 4 is 34.7 Å². The first-order valence-corrected chi connectivity index (χ1v) is 13.4. The van der Waals surface area contributed by atoms with Crippen molar-refractivity contribution in [3.63, 3.8) is 0 Å². The third-order valence-corrected chi connectivity index (χ3v) is 7.11. The van der Waals surface area contributed by atoms with Crippen LogP contribution in [0.25, 0.3) is 5.82 Å². The largest absolute Gasteiger partial charge is 0.416 e. The first kappa shape index (κ1) is 28.8. The molecule has 1 saturated heterocycles. The number of likely N-dealkylation sites (N-methyl/N-ethyl adjacent to an activating group) is 1. The summed E-state index contributed by atoms with van der Waals surface area (Å²) in [5, 5.41) is 13.0. The van der Waals surface area contributed by atoms with Gasteiger partial charge in [0.25, 0.3) is 5.91 Å². The van der Waals surface area contributed by atoms with Crippen LogP contribution in [0.5, 0.6) is 0 Å². The average molecular weight is 581 g/mol. The maximum atomic E-state index is 13.8. The Labute approximate surface area is 240 Å². The monoisotopic (exact) mass is 580 g/mol. The number of alkyl halides is 3. The summed E-state index contributed by atoms with van der Waals surface area (Å²) in [6, 6.07) is 10.4. The van der Waals surface area contributed by atoms with Crippen LogP contribution in [0.1, 0.15) is 28.4 Å². The number of carbonyl (C=O) groups excluding carboxylic acids is 1. The highest BCUT2D eigenvalue weighted by molar-refractivity contribution is 6.05. The first-order chi connectivity index (χ1) is 20.1. The van der Waals surface area contributed by atoms with Gasteiger partial charge in [0.2, 0.25) is 5.95 Å². The van der Waals surface area contributed by atoms with Crippen LogP contribution < -0.4 is 20.9 Å². The van der Waals surface area contributed by atoms with Crippen LogP contribution in [0.15, 0.2) is 55.1 Å². The van der Waals surface area contributed by atoms with Gasteiger partial charge in [0, 0.05) is 61.9 Å². The molecule has 2 aromatic heterocycles. The minimum Gasteiger partial charge on any atom is -0.373 e. The number of aromatic nitrogens is 5. The number of amides is 1. The van der Waals surface area contributed by atoms with Crippen LogP contribution in [0.3, 0.4) is 0 Å². The van der Waals surface area contributed by atoms with Crippen LogP contribution in [0.4, 0.5) is 42.0 Å². The van der Waals surface area contributed by atoms with E-state index in [4.69, 9.17) is 0 Å². The van der Waals surface area contributed by atoms with Crippen LogP contribution in [-0.4, -0.2) is 75.3 Å². The summed E-state index contributed by atoms with van der Waals surface area (Å²) in [5.74, 6) is 0.867. The molecule has 4 aromatic rings. The van der Waals surface area contributed by atoms with Crippen LogP contribution in [-0.2, 0) is 6.18 Å². The number of benzene rings is 2. The van der Waals surface area contributed by atoms with Crippen LogP contribution in [0.2, 0.25) is 0 Å². The molecule has 5 rings (SSSR count). The van der Waals surface area contributed by atoms with E-state index < -0.39 is 17.6 Å². The Hall–Kier alpha value is -4.72. The van der Waals surface area contributed by atoms with Gasteiger partial charge >= 0.3 is 6.18 Å². The lowest BCUT2D eigenvalue weighted by Gasteiger charge is -2.36. The normalized spacial score (nSPS) is 14.1. The second kappa shape index (κ2) is 12.0. The van der Waals surface area contributed by atoms with E-state index >= 15 is 0 Å². The van der Waals surface area contributed by atoms with Crippen molar-refractivity contribution < 1.29 is 18.0 Å². The van der Waals surface area contributed by atoms with Crippen LogP contribution >= 0.6 is 0 Å². The molecule has 220 valence electrons. The lowest BCUT2D eigenvalue weighted by atomic mass is 10.1. The SMILES string of the molecule is CCN1CCN(c2cc(NC(=O)c3ccc(C)c(Nc4ncnn4-c4cc(NC)ncn4)c3)cc(C(F)(F)F)c2)CC1. The smallest absolute Gasteiger partial charge is 0.373 e. The molecule has 2 aromatic carbocycles. The van der Waals surface area contributed by atoms with E-state index in [-0.39, 0.29) is 11.3 Å². The summed E-state index contributed by atoms with van der Waals surface area (Å²) in [6.07, 6.45) is -1.80. The van der Waals surface area contributed by atoms with E-state index in [1.165, 1.54) is 17.3 Å². The Morgan fingerprint density at radius 1 is 0.976 bits per heavy atom. The Morgan fingerprint density at radius 2 is 1.76 bits per heavy atom. The van der Waals surface area contributed by atoms with E-state index in [0.717, 1.165) is 37.3 Å². The van der Waals surface area contributed by atoms with Gasteiger partial charge in [-0.05, 0) is 49.4 Å². The average Bonchev–Trinajstić information content (AvgIpc) is 3.46. The molecule has 1 amide bonds. The number of piperazine rings is 1. The Kier molecular flexibility index (Phi) is 8.24. The second-order valence-electron chi connectivity index (χ2n) is 9.80. The lowest BCUT2D eigenvalue weighted by Crippen LogP contribution is -2.46. The molecule has 0 bridgehead atoms. The van der Waals surface area contributed by atoms with Crippen molar-refractivity contribution in [2.24, 2.45) is 0 Å². The molecule has 42 heavy (non-hydrogen) atoms. The predicted octanol–water partition coefficient (Wildman–Crippen LogP) is 4.56. The van der Waals surface area contributed by atoms with Gasteiger partial charge in [-0.2, -0.15) is 27.9 Å². The Bertz CT molecular complexity index is 1560. The van der Waals surface area contributed by atoms with Crippen molar-refractivity contribution in [1.82, 2.24) is 29.6 Å². The van der Waals surface area contributed by atoms with Gasteiger partial charge < -0.3 is 25.8 Å². The number of rotatable bonds is 8. The Morgan fingerprint density at radius 3 is 2.48 bits per heavy atom. The summed E-state index contributed by atoms with van der Waals surface area (Å²) in [4.78, 5) is 30.0. The standard InChI is InChI=1S/C28H31F3N10O/c1-4-39-7-9-40(10-8-39)22-13-20(28(29,30)31)12-21(14-22)37-26(42)19-6-5-18(2)23(11-19)38-27-35-17-36-41(27)25-15-24(32-3)33-16-34-25/h5-6,11-17H,4,7-10H2,1-3H3,(H,37,42)(H,32,33,34)(H,35,36,38). The number of hydrogen-bond donors (Lipinski definition) is 3. The molecule has 1 aliphatic rings. The number of aryl methyl sites for hydroxylation is 1. The van der Waals surface area contributed by atoms with Gasteiger partial charge in [-0.3, -0.25) is 4.79 Å².